The SMILES string of the molecule is CC(C)N1CCC(N(C)C2CCN(C)CC2)CC1.CC(C)N1CCC(N(C)CCc2ccccc2)CC1.CC(C)N1CCC(N2CCCCCCC2)CC1. The second-order valence-corrected chi connectivity index (χ2v) is 18.8. The molecule has 5 fully saturated rings. The van der Waals surface area contributed by atoms with Crippen LogP contribution in [0.4, 0.5) is 0 Å². The summed E-state index contributed by atoms with van der Waals surface area (Å²) in [4.78, 5) is 18.4. The molecule has 0 N–H and O–H groups in total. The molecule has 6 rings (SSSR count). The molecule has 0 amide bonds. The highest BCUT2D eigenvalue weighted by atomic mass is 15.2. The average molecular weight is 752 g/mol. The second kappa shape index (κ2) is 24.7. The van der Waals surface area contributed by atoms with Gasteiger partial charge in [-0.2, -0.15) is 0 Å². The van der Waals surface area contributed by atoms with E-state index in [-0.39, 0.29) is 0 Å². The van der Waals surface area contributed by atoms with Gasteiger partial charge in [-0.1, -0.05) is 49.6 Å². The van der Waals surface area contributed by atoms with Crippen molar-refractivity contribution >= 4 is 0 Å². The zero-order chi connectivity index (χ0) is 38.9. The Bertz CT molecular complexity index is 1060. The predicted octanol–water partition coefficient (Wildman–Crippen LogP) is 8.04. The second-order valence-electron chi connectivity index (χ2n) is 18.8. The van der Waals surface area contributed by atoms with Gasteiger partial charge in [-0.25, -0.2) is 0 Å². The number of piperidine rings is 4. The van der Waals surface area contributed by atoms with Crippen LogP contribution in [0, 0.1) is 0 Å². The molecule has 0 radical (unpaired) electrons. The molecule has 5 heterocycles. The van der Waals surface area contributed by atoms with E-state index in [1.807, 2.05) is 0 Å². The molecule has 0 spiro atoms. The van der Waals surface area contributed by atoms with Gasteiger partial charge >= 0.3 is 0 Å². The molecule has 0 bridgehead atoms. The number of likely N-dealkylation sites (tertiary alicyclic amines) is 5. The van der Waals surface area contributed by atoms with E-state index < -0.39 is 0 Å². The Balaban J connectivity index is 0.000000181. The quantitative estimate of drug-likeness (QED) is 0.239. The normalized spacial score (nSPS) is 23.7. The number of hydrogen-bond acceptors (Lipinski definition) is 7. The van der Waals surface area contributed by atoms with Crippen molar-refractivity contribution in [2.75, 3.05) is 93.1 Å². The first-order chi connectivity index (χ1) is 26.0. The minimum absolute atomic E-state index is 0.704. The number of nitrogens with zero attached hydrogens (tertiary/aromatic N) is 7. The van der Waals surface area contributed by atoms with E-state index in [4.69, 9.17) is 0 Å². The maximum Gasteiger partial charge on any atom is 0.0120 e. The van der Waals surface area contributed by atoms with Gasteiger partial charge in [0.2, 0.25) is 0 Å². The molecule has 54 heavy (non-hydrogen) atoms. The van der Waals surface area contributed by atoms with Crippen LogP contribution >= 0.6 is 0 Å². The summed E-state index contributed by atoms with van der Waals surface area (Å²) in [7, 11) is 6.90. The molecule has 0 saturated carbocycles. The molecule has 0 aromatic heterocycles. The Hall–Kier alpha value is -1.06. The molecule has 312 valence electrons. The zero-order valence-corrected chi connectivity index (χ0v) is 37.2. The van der Waals surface area contributed by atoms with E-state index in [0.717, 1.165) is 36.3 Å². The van der Waals surface area contributed by atoms with Crippen LogP contribution in [-0.2, 0) is 6.42 Å². The zero-order valence-electron chi connectivity index (χ0n) is 37.2. The van der Waals surface area contributed by atoms with Crippen molar-refractivity contribution in [2.24, 2.45) is 0 Å². The van der Waals surface area contributed by atoms with Gasteiger partial charge in [-0.15, -0.1) is 0 Å². The van der Waals surface area contributed by atoms with E-state index in [9.17, 15) is 0 Å². The van der Waals surface area contributed by atoms with Crippen molar-refractivity contribution in [3.05, 3.63) is 35.9 Å². The molecule has 0 unspecified atom stereocenters. The smallest absolute Gasteiger partial charge is 0.0120 e. The third kappa shape index (κ3) is 15.7. The van der Waals surface area contributed by atoms with E-state index in [1.54, 1.807) is 0 Å². The third-order valence-electron chi connectivity index (χ3n) is 14.2. The largest absolute Gasteiger partial charge is 0.306 e. The highest BCUT2D eigenvalue weighted by molar-refractivity contribution is 5.14. The molecule has 0 aliphatic carbocycles. The molecule has 1 aromatic carbocycles. The Labute approximate surface area is 336 Å². The lowest BCUT2D eigenvalue weighted by Gasteiger charge is -2.43. The van der Waals surface area contributed by atoms with Crippen LogP contribution in [0.25, 0.3) is 0 Å². The summed E-state index contributed by atoms with van der Waals surface area (Å²) >= 11 is 0. The fraction of sp³-hybridized carbons (Fsp3) is 0.872. The van der Waals surface area contributed by atoms with Crippen molar-refractivity contribution < 1.29 is 0 Å². The van der Waals surface area contributed by atoms with Crippen LogP contribution in [0.1, 0.15) is 131 Å². The van der Waals surface area contributed by atoms with Gasteiger partial charge in [-0.05, 0) is 204 Å². The molecule has 5 saturated heterocycles. The van der Waals surface area contributed by atoms with E-state index in [2.05, 4.69) is 127 Å². The summed E-state index contributed by atoms with van der Waals surface area (Å²) in [6.45, 7) is 28.1. The predicted molar refractivity (Wildman–Crippen MR) is 235 cm³/mol. The lowest BCUT2D eigenvalue weighted by Crippen LogP contribution is -2.51. The Morgan fingerprint density at radius 1 is 0.519 bits per heavy atom. The summed E-state index contributed by atoms with van der Waals surface area (Å²) in [5.41, 5.74) is 1.45. The van der Waals surface area contributed by atoms with Crippen LogP contribution in [0.2, 0.25) is 0 Å². The fourth-order valence-corrected chi connectivity index (χ4v) is 9.89. The fourth-order valence-electron chi connectivity index (χ4n) is 9.89. The first-order valence-corrected chi connectivity index (χ1v) is 23.1. The molecule has 5 aliphatic rings. The molecule has 7 nitrogen and oxygen atoms in total. The molecule has 7 heteroatoms. The summed E-state index contributed by atoms with van der Waals surface area (Å²) in [6, 6.07) is 16.3. The summed E-state index contributed by atoms with van der Waals surface area (Å²) < 4.78 is 0. The Kier molecular flexibility index (Phi) is 20.8. The lowest BCUT2D eigenvalue weighted by atomic mass is 9.97. The number of hydrogen-bond donors (Lipinski definition) is 0. The van der Waals surface area contributed by atoms with Crippen LogP contribution in [-0.4, -0.2) is 170 Å². The van der Waals surface area contributed by atoms with E-state index in [1.165, 1.54) is 167 Å². The first kappa shape index (κ1) is 45.6. The Morgan fingerprint density at radius 3 is 1.39 bits per heavy atom. The summed E-state index contributed by atoms with van der Waals surface area (Å²) in [5.74, 6) is 0. The molecule has 5 aliphatic heterocycles. The van der Waals surface area contributed by atoms with Crippen molar-refractivity contribution in [3.8, 4) is 0 Å². The molecular weight excluding hydrogens is 663 g/mol. The van der Waals surface area contributed by atoms with E-state index in [0.29, 0.717) is 6.04 Å². The van der Waals surface area contributed by atoms with Gasteiger partial charge in [0.25, 0.3) is 0 Å². The number of rotatable bonds is 10. The standard InChI is InChI=1S/C17H28N2.C15H31N3.C15H30N2/c1-15(2)19-13-10-17(11-14-19)18(3)12-9-16-7-5-4-6-8-16;1-13(2)18-11-7-15(8-12-18)17(4)14-5-9-16(3)10-6-14;1-14(2)16-12-8-15(9-13-16)17-10-6-4-3-5-7-11-17/h4-8,15,17H,9-14H2,1-3H3;13-15H,5-12H2,1-4H3;14-15H,3-13H2,1-2H3. The Morgan fingerprint density at radius 2 is 0.926 bits per heavy atom. The number of benzene rings is 1. The van der Waals surface area contributed by atoms with Crippen LogP contribution in [0.5, 0.6) is 0 Å². The maximum atomic E-state index is 2.80. The van der Waals surface area contributed by atoms with Crippen molar-refractivity contribution in [1.29, 1.82) is 0 Å². The van der Waals surface area contributed by atoms with Gasteiger partial charge < -0.3 is 34.3 Å². The maximum absolute atomic E-state index is 2.80. The van der Waals surface area contributed by atoms with Crippen molar-refractivity contribution in [3.63, 3.8) is 0 Å². The van der Waals surface area contributed by atoms with Crippen molar-refractivity contribution in [1.82, 2.24) is 34.3 Å². The molecular formula is C47H89N7. The lowest BCUT2D eigenvalue weighted by molar-refractivity contribution is 0.0580. The van der Waals surface area contributed by atoms with Gasteiger partial charge in [0.1, 0.15) is 0 Å². The topological polar surface area (TPSA) is 22.7 Å². The first-order valence-electron chi connectivity index (χ1n) is 23.1. The summed E-state index contributed by atoms with van der Waals surface area (Å²) in [6.07, 6.45) is 19.3. The van der Waals surface area contributed by atoms with Gasteiger partial charge in [0.15, 0.2) is 0 Å². The minimum atomic E-state index is 0.704. The van der Waals surface area contributed by atoms with Gasteiger partial charge in [0, 0.05) is 48.8 Å². The van der Waals surface area contributed by atoms with Crippen LogP contribution in [0.15, 0.2) is 30.3 Å². The third-order valence-corrected chi connectivity index (χ3v) is 14.2. The van der Waals surface area contributed by atoms with Gasteiger partial charge in [0.05, 0.1) is 0 Å². The monoisotopic (exact) mass is 752 g/mol. The molecule has 1 aromatic rings. The van der Waals surface area contributed by atoms with Crippen LogP contribution in [0.3, 0.4) is 0 Å². The number of likely N-dealkylation sites (N-methyl/N-ethyl adjacent to an activating group) is 1. The highest BCUT2D eigenvalue weighted by Crippen LogP contribution is 2.24. The molecule has 0 atom stereocenters. The van der Waals surface area contributed by atoms with Crippen molar-refractivity contribution in [2.45, 2.75) is 174 Å². The highest BCUT2D eigenvalue weighted by Gasteiger charge is 2.30. The van der Waals surface area contributed by atoms with Crippen LogP contribution < -0.4 is 0 Å². The minimum Gasteiger partial charge on any atom is -0.306 e. The van der Waals surface area contributed by atoms with E-state index >= 15 is 0 Å². The average Bonchev–Trinajstić information content (AvgIpc) is 3.18. The van der Waals surface area contributed by atoms with Gasteiger partial charge in [-0.3, -0.25) is 0 Å². The summed E-state index contributed by atoms with van der Waals surface area (Å²) in [5, 5.41) is 0.